The molecule has 3 aromatic carbocycles. The molecule has 172 valence electrons. The third-order valence-electron chi connectivity index (χ3n) is 6.97. The number of fused-ring (bicyclic) bond motifs is 1. The summed E-state index contributed by atoms with van der Waals surface area (Å²) in [5, 5.41) is 0. The zero-order chi connectivity index (χ0) is 23.7. The number of anilines is 1. The van der Waals surface area contributed by atoms with Crippen LogP contribution in [0.4, 0.5) is 5.69 Å². The summed E-state index contributed by atoms with van der Waals surface area (Å²) >= 11 is 0. The summed E-state index contributed by atoms with van der Waals surface area (Å²) in [6, 6.07) is 24.3. The summed E-state index contributed by atoms with van der Waals surface area (Å²) in [5.41, 5.74) is 3.30. The van der Waals surface area contributed by atoms with Gasteiger partial charge in [-0.1, -0.05) is 61.5 Å². The summed E-state index contributed by atoms with van der Waals surface area (Å²) < 4.78 is 5.68. The van der Waals surface area contributed by atoms with E-state index >= 15 is 0 Å². The molecule has 2 aliphatic rings. The third kappa shape index (κ3) is 4.26. The van der Waals surface area contributed by atoms with Crippen LogP contribution in [-0.4, -0.2) is 24.2 Å². The molecule has 5 heteroatoms. The van der Waals surface area contributed by atoms with Gasteiger partial charge in [0.2, 0.25) is 11.8 Å². The van der Waals surface area contributed by atoms with Gasteiger partial charge < -0.3 is 4.74 Å². The van der Waals surface area contributed by atoms with Crippen LogP contribution in [0.2, 0.25) is 0 Å². The molecular weight excluding hydrogens is 426 g/mol. The van der Waals surface area contributed by atoms with E-state index in [1.54, 1.807) is 24.3 Å². The van der Waals surface area contributed by atoms with Crippen LogP contribution in [0, 0.1) is 17.8 Å². The molecule has 0 N–H and O–H groups in total. The summed E-state index contributed by atoms with van der Waals surface area (Å²) in [6.45, 7) is 2.05. The van der Waals surface area contributed by atoms with Gasteiger partial charge >= 0.3 is 0 Å². The number of carbonyl (C=O) groups excluding carboxylic acids is 3. The number of hydrogen-bond acceptors (Lipinski definition) is 4. The summed E-state index contributed by atoms with van der Waals surface area (Å²) in [6.07, 6.45) is 2.55. The first-order chi connectivity index (χ1) is 16.5. The van der Waals surface area contributed by atoms with Crippen LogP contribution < -0.4 is 9.64 Å². The van der Waals surface area contributed by atoms with Crippen LogP contribution in [0.3, 0.4) is 0 Å². The van der Waals surface area contributed by atoms with Crippen molar-refractivity contribution in [3.8, 4) is 16.9 Å². The summed E-state index contributed by atoms with van der Waals surface area (Å²) in [4.78, 5) is 39.7. The van der Waals surface area contributed by atoms with E-state index in [9.17, 15) is 14.4 Å². The Morgan fingerprint density at radius 2 is 1.47 bits per heavy atom. The van der Waals surface area contributed by atoms with Crippen molar-refractivity contribution >= 4 is 23.3 Å². The fourth-order valence-corrected chi connectivity index (χ4v) is 5.05. The average Bonchev–Trinajstić information content (AvgIpc) is 3.12. The van der Waals surface area contributed by atoms with Gasteiger partial charge in [0.25, 0.3) is 0 Å². The molecule has 0 bridgehead atoms. The van der Waals surface area contributed by atoms with Crippen molar-refractivity contribution in [2.24, 2.45) is 17.8 Å². The molecule has 1 heterocycles. The Morgan fingerprint density at radius 3 is 2.18 bits per heavy atom. The number of ether oxygens (including phenoxy) is 1. The fourth-order valence-electron chi connectivity index (χ4n) is 5.05. The number of hydrogen-bond donors (Lipinski definition) is 0. The van der Waals surface area contributed by atoms with E-state index in [4.69, 9.17) is 4.74 Å². The highest BCUT2D eigenvalue weighted by molar-refractivity contribution is 6.22. The van der Waals surface area contributed by atoms with E-state index in [0.717, 1.165) is 30.4 Å². The van der Waals surface area contributed by atoms with Crippen molar-refractivity contribution in [2.75, 3.05) is 11.5 Å². The summed E-state index contributed by atoms with van der Waals surface area (Å²) in [7, 11) is 0. The zero-order valence-electron chi connectivity index (χ0n) is 19.1. The van der Waals surface area contributed by atoms with E-state index in [2.05, 4.69) is 6.92 Å². The highest BCUT2D eigenvalue weighted by atomic mass is 16.5. The molecule has 0 spiro atoms. The Hall–Kier alpha value is -3.73. The Labute approximate surface area is 199 Å². The second-order valence-corrected chi connectivity index (χ2v) is 9.29. The van der Waals surface area contributed by atoms with Gasteiger partial charge in [-0.2, -0.15) is 0 Å². The predicted molar refractivity (Wildman–Crippen MR) is 131 cm³/mol. The van der Waals surface area contributed by atoms with Gasteiger partial charge in [0.05, 0.1) is 17.5 Å². The van der Waals surface area contributed by atoms with Crippen LogP contribution >= 0.6 is 0 Å². The molecular formula is C29H27NO4. The number of carbonyl (C=O) groups is 3. The summed E-state index contributed by atoms with van der Waals surface area (Å²) in [5.74, 6) is 0.299. The number of benzene rings is 3. The Morgan fingerprint density at radius 1 is 0.824 bits per heavy atom. The number of imide groups is 1. The SMILES string of the molecule is CC1CCC2C(=O)N(c3ccc(OCC(=O)c4ccc(-c5ccccc5)cc4)cc3)C(=O)C2C1. The van der Waals surface area contributed by atoms with Crippen molar-refractivity contribution in [1.82, 2.24) is 0 Å². The predicted octanol–water partition coefficient (Wildman–Crippen LogP) is 5.54. The Kier molecular flexibility index (Phi) is 6.01. The van der Waals surface area contributed by atoms with Gasteiger partial charge in [0.15, 0.2) is 12.4 Å². The first kappa shape index (κ1) is 22.1. The van der Waals surface area contributed by atoms with Gasteiger partial charge in [0.1, 0.15) is 5.75 Å². The number of Topliss-reactive ketones (excluding diaryl/α,β-unsaturated/α-hetero) is 1. The fraction of sp³-hybridized carbons (Fsp3) is 0.276. The quantitative estimate of drug-likeness (QED) is 0.363. The maximum absolute atomic E-state index is 12.9. The van der Waals surface area contributed by atoms with Crippen LogP contribution in [0.1, 0.15) is 36.5 Å². The number of nitrogens with zero attached hydrogens (tertiary/aromatic N) is 1. The third-order valence-corrected chi connectivity index (χ3v) is 6.97. The second-order valence-electron chi connectivity index (χ2n) is 9.29. The minimum absolute atomic E-state index is 0.0896. The monoisotopic (exact) mass is 453 g/mol. The lowest BCUT2D eigenvalue weighted by atomic mass is 9.76. The molecule has 0 aromatic heterocycles. The topological polar surface area (TPSA) is 63.7 Å². The first-order valence-corrected chi connectivity index (χ1v) is 11.8. The van der Waals surface area contributed by atoms with Crippen molar-refractivity contribution in [3.63, 3.8) is 0 Å². The molecule has 2 amide bonds. The lowest BCUT2D eigenvalue weighted by Gasteiger charge is -2.25. The molecule has 3 aromatic rings. The number of ketones is 1. The van der Waals surface area contributed by atoms with E-state index in [0.29, 0.717) is 22.9 Å². The van der Waals surface area contributed by atoms with E-state index in [-0.39, 0.29) is 36.0 Å². The average molecular weight is 454 g/mol. The maximum atomic E-state index is 12.9. The molecule has 1 saturated carbocycles. The largest absolute Gasteiger partial charge is 0.485 e. The van der Waals surface area contributed by atoms with Crippen LogP contribution in [-0.2, 0) is 9.59 Å². The molecule has 5 rings (SSSR count). The highest BCUT2D eigenvalue weighted by Crippen LogP contribution is 2.42. The normalized spacial score (nSPS) is 21.9. The molecule has 1 saturated heterocycles. The molecule has 2 fully saturated rings. The Balaban J connectivity index is 1.21. The lowest BCUT2D eigenvalue weighted by Crippen LogP contribution is -2.30. The van der Waals surface area contributed by atoms with Crippen molar-refractivity contribution in [2.45, 2.75) is 26.2 Å². The standard InChI is InChI=1S/C29H27NO4/c1-19-7-16-25-26(17-19)29(33)30(28(25)32)23-12-14-24(15-13-23)34-18-27(31)22-10-8-21(9-11-22)20-5-3-2-4-6-20/h2-6,8-15,19,25-26H,7,16-18H2,1H3. The lowest BCUT2D eigenvalue weighted by molar-refractivity contribution is -0.122. The minimum Gasteiger partial charge on any atom is -0.485 e. The van der Waals surface area contributed by atoms with Crippen molar-refractivity contribution in [1.29, 1.82) is 0 Å². The van der Waals surface area contributed by atoms with Crippen LogP contribution in [0.15, 0.2) is 78.9 Å². The number of amides is 2. The first-order valence-electron chi connectivity index (χ1n) is 11.8. The highest BCUT2D eigenvalue weighted by Gasteiger charge is 2.49. The van der Waals surface area contributed by atoms with Crippen molar-refractivity contribution < 1.29 is 19.1 Å². The van der Waals surface area contributed by atoms with E-state index in [1.165, 1.54) is 4.90 Å². The second kappa shape index (κ2) is 9.26. The van der Waals surface area contributed by atoms with Crippen LogP contribution in [0.25, 0.3) is 11.1 Å². The molecule has 34 heavy (non-hydrogen) atoms. The van der Waals surface area contributed by atoms with Gasteiger partial charge in [-0.05, 0) is 60.6 Å². The zero-order valence-corrected chi connectivity index (χ0v) is 19.1. The molecule has 5 nitrogen and oxygen atoms in total. The van der Waals surface area contributed by atoms with E-state index in [1.807, 2.05) is 54.6 Å². The molecule has 1 aliphatic carbocycles. The van der Waals surface area contributed by atoms with Gasteiger partial charge in [0, 0.05) is 5.56 Å². The smallest absolute Gasteiger partial charge is 0.237 e. The maximum Gasteiger partial charge on any atom is 0.237 e. The van der Waals surface area contributed by atoms with Gasteiger partial charge in [-0.25, -0.2) is 0 Å². The van der Waals surface area contributed by atoms with E-state index < -0.39 is 0 Å². The molecule has 0 radical (unpaired) electrons. The Bertz CT molecular complexity index is 1200. The molecule has 1 aliphatic heterocycles. The van der Waals surface area contributed by atoms with Crippen LogP contribution in [0.5, 0.6) is 5.75 Å². The number of rotatable bonds is 6. The minimum atomic E-state index is -0.196. The van der Waals surface area contributed by atoms with Gasteiger partial charge in [-0.15, -0.1) is 0 Å². The molecule has 3 unspecified atom stereocenters. The van der Waals surface area contributed by atoms with Crippen molar-refractivity contribution in [3.05, 3.63) is 84.4 Å². The molecule has 3 atom stereocenters. The van der Waals surface area contributed by atoms with Gasteiger partial charge in [-0.3, -0.25) is 19.3 Å².